The Kier molecular flexibility index (Phi) is 4.42. The van der Waals surface area contributed by atoms with Gasteiger partial charge in [0.1, 0.15) is 5.82 Å². The minimum Gasteiger partial charge on any atom is -0.385 e. The Morgan fingerprint density at radius 2 is 2.25 bits per heavy atom. The van der Waals surface area contributed by atoms with Gasteiger partial charge in [-0.1, -0.05) is 18.6 Å². The van der Waals surface area contributed by atoms with Gasteiger partial charge in [-0.15, -0.1) is 0 Å². The smallest absolute Gasteiger partial charge is 0.251 e. The van der Waals surface area contributed by atoms with Crippen LogP contribution >= 0.6 is 0 Å². The lowest BCUT2D eigenvalue weighted by molar-refractivity contribution is 0.0996. The van der Waals surface area contributed by atoms with E-state index in [1.807, 2.05) is 0 Å². The molecule has 0 saturated carbocycles. The first-order valence-corrected chi connectivity index (χ1v) is 6.96. The van der Waals surface area contributed by atoms with Crippen LogP contribution in [0.25, 0.3) is 0 Å². The monoisotopic (exact) mass is 276 g/mol. The molecule has 108 valence electrons. The zero-order chi connectivity index (χ0) is 14.7. The molecule has 0 bridgehead atoms. The standard InChI is InChI=1S/C16H21FN2O/c1-10-5-11(2)7-12(6-10)9-19-13-3-4-15(17)14(8-13)16(18)20/h3-5,8,10,12,19H,6-7,9H2,1-2H3,(H2,18,20). The largest absolute Gasteiger partial charge is 0.385 e. The number of halogens is 1. The number of carbonyl (C=O) groups is 1. The van der Waals surface area contributed by atoms with Gasteiger partial charge in [-0.3, -0.25) is 4.79 Å². The molecule has 4 heteroatoms. The number of primary amides is 1. The van der Waals surface area contributed by atoms with Gasteiger partial charge in [-0.05, 0) is 49.8 Å². The third-order valence-corrected chi connectivity index (χ3v) is 3.71. The Hall–Kier alpha value is -1.84. The second-order valence-corrected chi connectivity index (χ2v) is 5.74. The van der Waals surface area contributed by atoms with Crippen molar-refractivity contribution >= 4 is 11.6 Å². The zero-order valence-electron chi connectivity index (χ0n) is 11.9. The second-order valence-electron chi connectivity index (χ2n) is 5.74. The van der Waals surface area contributed by atoms with Gasteiger partial charge in [-0.2, -0.15) is 0 Å². The zero-order valence-corrected chi connectivity index (χ0v) is 11.9. The van der Waals surface area contributed by atoms with Crippen LogP contribution in [0.4, 0.5) is 10.1 Å². The highest BCUT2D eigenvalue weighted by Gasteiger charge is 2.18. The van der Waals surface area contributed by atoms with E-state index in [-0.39, 0.29) is 5.56 Å². The molecule has 1 aromatic carbocycles. The van der Waals surface area contributed by atoms with Gasteiger partial charge < -0.3 is 11.1 Å². The number of rotatable bonds is 4. The molecule has 1 aromatic rings. The predicted octanol–water partition coefficient (Wildman–Crippen LogP) is 3.33. The fourth-order valence-electron chi connectivity index (χ4n) is 2.93. The third kappa shape index (κ3) is 3.59. The van der Waals surface area contributed by atoms with Crippen LogP contribution < -0.4 is 11.1 Å². The summed E-state index contributed by atoms with van der Waals surface area (Å²) in [4.78, 5) is 11.1. The highest BCUT2D eigenvalue weighted by Crippen LogP contribution is 2.28. The van der Waals surface area contributed by atoms with E-state index in [0.717, 1.165) is 25.1 Å². The maximum Gasteiger partial charge on any atom is 0.251 e. The lowest BCUT2D eigenvalue weighted by atomic mass is 9.84. The fraction of sp³-hybridized carbons (Fsp3) is 0.438. The topological polar surface area (TPSA) is 55.1 Å². The van der Waals surface area contributed by atoms with Gasteiger partial charge in [0.05, 0.1) is 5.56 Å². The van der Waals surface area contributed by atoms with E-state index >= 15 is 0 Å². The average Bonchev–Trinajstić information content (AvgIpc) is 2.36. The number of nitrogens with two attached hydrogens (primary N) is 1. The molecule has 0 aliphatic heterocycles. The van der Waals surface area contributed by atoms with Gasteiger partial charge in [0, 0.05) is 12.2 Å². The average molecular weight is 276 g/mol. The number of amides is 1. The number of nitrogens with one attached hydrogen (secondary N) is 1. The first kappa shape index (κ1) is 14.6. The maximum absolute atomic E-state index is 13.4. The molecule has 1 aliphatic carbocycles. The van der Waals surface area contributed by atoms with E-state index in [2.05, 4.69) is 25.2 Å². The van der Waals surface area contributed by atoms with E-state index in [0.29, 0.717) is 11.8 Å². The first-order chi connectivity index (χ1) is 9.45. The first-order valence-electron chi connectivity index (χ1n) is 6.96. The van der Waals surface area contributed by atoms with Crippen LogP contribution in [0.1, 0.15) is 37.0 Å². The van der Waals surface area contributed by atoms with Crippen LogP contribution in [0.2, 0.25) is 0 Å². The summed E-state index contributed by atoms with van der Waals surface area (Å²) in [6, 6.07) is 4.39. The number of carbonyl (C=O) groups excluding carboxylic acids is 1. The molecule has 2 rings (SSSR count). The molecular weight excluding hydrogens is 255 g/mol. The number of anilines is 1. The van der Waals surface area contributed by atoms with Crippen molar-refractivity contribution in [3.63, 3.8) is 0 Å². The summed E-state index contributed by atoms with van der Waals surface area (Å²) < 4.78 is 13.4. The van der Waals surface area contributed by atoms with Crippen LogP contribution in [0.3, 0.4) is 0 Å². The van der Waals surface area contributed by atoms with Crippen molar-refractivity contribution in [2.45, 2.75) is 26.7 Å². The Labute approximate surface area is 119 Å². The molecule has 0 radical (unpaired) electrons. The van der Waals surface area contributed by atoms with Crippen LogP contribution in [0.15, 0.2) is 29.8 Å². The number of benzene rings is 1. The highest BCUT2D eigenvalue weighted by atomic mass is 19.1. The van der Waals surface area contributed by atoms with Gasteiger partial charge in [-0.25, -0.2) is 4.39 Å². The van der Waals surface area contributed by atoms with Gasteiger partial charge in [0.25, 0.3) is 5.91 Å². The Balaban J connectivity index is 1.99. The van der Waals surface area contributed by atoms with E-state index in [9.17, 15) is 9.18 Å². The summed E-state index contributed by atoms with van der Waals surface area (Å²) >= 11 is 0. The lowest BCUT2D eigenvalue weighted by Gasteiger charge is -2.26. The van der Waals surface area contributed by atoms with E-state index in [1.165, 1.54) is 17.7 Å². The van der Waals surface area contributed by atoms with Gasteiger partial charge in [0.2, 0.25) is 0 Å². The molecular formula is C16H21FN2O. The summed E-state index contributed by atoms with van der Waals surface area (Å²) in [5.74, 6) is -0.147. The third-order valence-electron chi connectivity index (χ3n) is 3.71. The summed E-state index contributed by atoms with van der Waals surface area (Å²) in [7, 11) is 0. The van der Waals surface area contributed by atoms with Crippen molar-refractivity contribution in [3.8, 4) is 0 Å². The molecule has 2 unspecified atom stereocenters. The van der Waals surface area contributed by atoms with Crippen LogP contribution in [-0.4, -0.2) is 12.5 Å². The van der Waals surface area contributed by atoms with Crippen molar-refractivity contribution in [2.75, 3.05) is 11.9 Å². The highest BCUT2D eigenvalue weighted by molar-refractivity contribution is 5.94. The van der Waals surface area contributed by atoms with Gasteiger partial charge >= 0.3 is 0 Å². The second kappa shape index (κ2) is 6.07. The molecule has 1 aliphatic rings. The summed E-state index contributed by atoms with van der Waals surface area (Å²) in [5, 5.41) is 3.28. The molecule has 3 N–H and O–H groups in total. The lowest BCUT2D eigenvalue weighted by Crippen LogP contribution is -2.20. The number of hydrogen-bond acceptors (Lipinski definition) is 2. The number of hydrogen-bond donors (Lipinski definition) is 2. The molecule has 0 heterocycles. The van der Waals surface area contributed by atoms with Crippen molar-refractivity contribution in [1.82, 2.24) is 0 Å². The molecule has 0 aromatic heterocycles. The summed E-state index contributed by atoms with van der Waals surface area (Å²) in [6.07, 6.45) is 4.55. The minimum absolute atomic E-state index is 0.0666. The molecule has 3 nitrogen and oxygen atoms in total. The van der Waals surface area contributed by atoms with Crippen molar-refractivity contribution in [3.05, 3.63) is 41.2 Å². The Morgan fingerprint density at radius 3 is 2.90 bits per heavy atom. The van der Waals surface area contributed by atoms with E-state index in [4.69, 9.17) is 5.73 Å². The van der Waals surface area contributed by atoms with Crippen molar-refractivity contribution in [1.29, 1.82) is 0 Å². The molecule has 0 saturated heterocycles. The van der Waals surface area contributed by atoms with Crippen molar-refractivity contribution < 1.29 is 9.18 Å². The van der Waals surface area contributed by atoms with Gasteiger partial charge in [0.15, 0.2) is 0 Å². The fourth-order valence-corrected chi connectivity index (χ4v) is 2.93. The van der Waals surface area contributed by atoms with Crippen molar-refractivity contribution in [2.24, 2.45) is 17.6 Å². The summed E-state index contributed by atoms with van der Waals surface area (Å²) in [6.45, 7) is 5.20. The summed E-state index contributed by atoms with van der Waals surface area (Å²) in [5.41, 5.74) is 7.24. The van der Waals surface area contributed by atoms with Crippen LogP contribution in [0, 0.1) is 17.7 Å². The molecule has 0 fully saturated rings. The number of allylic oxidation sites excluding steroid dienone is 2. The van der Waals surface area contributed by atoms with E-state index < -0.39 is 11.7 Å². The Bertz CT molecular complexity index is 539. The normalized spacial score (nSPS) is 22.2. The molecule has 20 heavy (non-hydrogen) atoms. The molecule has 2 atom stereocenters. The molecule has 1 amide bonds. The Morgan fingerprint density at radius 1 is 1.50 bits per heavy atom. The maximum atomic E-state index is 13.4. The van der Waals surface area contributed by atoms with Crippen LogP contribution in [0.5, 0.6) is 0 Å². The SMILES string of the molecule is CC1=CC(C)CC(CNc2ccc(F)c(C(N)=O)c2)C1. The van der Waals surface area contributed by atoms with E-state index in [1.54, 1.807) is 6.07 Å². The molecule has 0 spiro atoms. The minimum atomic E-state index is -0.740. The van der Waals surface area contributed by atoms with Crippen LogP contribution in [-0.2, 0) is 0 Å². The quantitative estimate of drug-likeness (QED) is 0.829. The predicted molar refractivity (Wildman–Crippen MR) is 79.1 cm³/mol.